The van der Waals surface area contributed by atoms with Gasteiger partial charge in [-0.2, -0.15) is 5.26 Å². The van der Waals surface area contributed by atoms with Crippen LogP contribution in [0.5, 0.6) is 0 Å². The van der Waals surface area contributed by atoms with Gasteiger partial charge < -0.3 is 10.4 Å². The van der Waals surface area contributed by atoms with E-state index in [-0.39, 0.29) is 17.9 Å². The van der Waals surface area contributed by atoms with Crippen molar-refractivity contribution < 1.29 is 9.90 Å². The highest BCUT2D eigenvalue weighted by Gasteiger charge is 2.23. The molecule has 0 heterocycles. The Morgan fingerprint density at radius 2 is 2.05 bits per heavy atom. The molecule has 0 saturated carbocycles. The van der Waals surface area contributed by atoms with Crippen molar-refractivity contribution in [1.82, 2.24) is 5.32 Å². The van der Waals surface area contributed by atoms with E-state index < -0.39 is 5.92 Å². The third-order valence-electron chi connectivity index (χ3n) is 3.28. The van der Waals surface area contributed by atoms with Crippen molar-refractivity contribution in [3.8, 4) is 6.07 Å². The SMILES string of the molecule is CC(C)(CCCO)CNC(=O)C(C#N)c1ccccc1. The fourth-order valence-corrected chi connectivity index (χ4v) is 2.00. The van der Waals surface area contributed by atoms with Crippen LogP contribution in [0.25, 0.3) is 0 Å². The molecule has 0 fully saturated rings. The van der Waals surface area contributed by atoms with Gasteiger partial charge in [0, 0.05) is 13.2 Å². The zero-order valence-electron chi connectivity index (χ0n) is 12.1. The van der Waals surface area contributed by atoms with Gasteiger partial charge in [0.1, 0.15) is 5.92 Å². The first-order valence-electron chi connectivity index (χ1n) is 6.83. The third kappa shape index (κ3) is 5.02. The Morgan fingerprint density at radius 3 is 2.60 bits per heavy atom. The molecule has 1 aromatic rings. The van der Waals surface area contributed by atoms with Gasteiger partial charge in [-0.1, -0.05) is 44.2 Å². The minimum absolute atomic E-state index is 0.0882. The first-order valence-corrected chi connectivity index (χ1v) is 6.83. The van der Waals surface area contributed by atoms with E-state index >= 15 is 0 Å². The highest BCUT2D eigenvalue weighted by Crippen LogP contribution is 2.21. The van der Waals surface area contributed by atoms with Gasteiger partial charge in [-0.25, -0.2) is 0 Å². The maximum absolute atomic E-state index is 12.1. The minimum atomic E-state index is -0.773. The van der Waals surface area contributed by atoms with Crippen molar-refractivity contribution in [2.45, 2.75) is 32.6 Å². The minimum Gasteiger partial charge on any atom is -0.396 e. The molecule has 0 radical (unpaired) electrons. The summed E-state index contributed by atoms with van der Waals surface area (Å²) in [6.45, 7) is 4.72. The zero-order valence-corrected chi connectivity index (χ0v) is 12.1. The molecule has 0 bridgehead atoms. The van der Waals surface area contributed by atoms with E-state index in [4.69, 9.17) is 5.11 Å². The molecule has 4 heteroatoms. The van der Waals surface area contributed by atoms with Gasteiger partial charge >= 0.3 is 0 Å². The van der Waals surface area contributed by atoms with Gasteiger partial charge in [0.25, 0.3) is 0 Å². The van der Waals surface area contributed by atoms with Crippen molar-refractivity contribution in [1.29, 1.82) is 5.26 Å². The number of nitriles is 1. The molecule has 1 atom stereocenters. The number of benzene rings is 1. The second-order valence-electron chi connectivity index (χ2n) is 5.68. The van der Waals surface area contributed by atoms with Gasteiger partial charge in [0.2, 0.25) is 5.91 Å². The molecule has 0 aliphatic rings. The molecule has 0 spiro atoms. The van der Waals surface area contributed by atoms with Crippen LogP contribution in [0, 0.1) is 16.7 Å². The topological polar surface area (TPSA) is 73.1 Å². The smallest absolute Gasteiger partial charge is 0.241 e. The van der Waals surface area contributed by atoms with Gasteiger partial charge in [-0.05, 0) is 23.8 Å². The van der Waals surface area contributed by atoms with Crippen molar-refractivity contribution in [3.05, 3.63) is 35.9 Å². The van der Waals surface area contributed by atoms with Crippen LogP contribution in [-0.2, 0) is 4.79 Å². The Hall–Kier alpha value is -1.86. The van der Waals surface area contributed by atoms with Crippen LogP contribution in [0.4, 0.5) is 0 Å². The van der Waals surface area contributed by atoms with Crippen LogP contribution in [0.3, 0.4) is 0 Å². The fourth-order valence-electron chi connectivity index (χ4n) is 2.00. The number of rotatable bonds is 7. The highest BCUT2D eigenvalue weighted by molar-refractivity contribution is 5.86. The number of nitrogens with zero attached hydrogens (tertiary/aromatic N) is 1. The average molecular weight is 274 g/mol. The quantitative estimate of drug-likeness (QED) is 0.800. The molecule has 0 saturated heterocycles. The van der Waals surface area contributed by atoms with Crippen LogP contribution < -0.4 is 5.32 Å². The second-order valence-corrected chi connectivity index (χ2v) is 5.68. The van der Waals surface area contributed by atoms with Crippen LogP contribution in [-0.4, -0.2) is 24.2 Å². The lowest BCUT2D eigenvalue weighted by molar-refractivity contribution is -0.121. The van der Waals surface area contributed by atoms with Crippen molar-refractivity contribution in [2.24, 2.45) is 5.41 Å². The molecule has 2 N–H and O–H groups in total. The number of nitrogens with one attached hydrogen (secondary N) is 1. The summed E-state index contributed by atoms with van der Waals surface area (Å²) >= 11 is 0. The first-order chi connectivity index (χ1) is 9.50. The average Bonchev–Trinajstić information content (AvgIpc) is 2.45. The molecule has 4 nitrogen and oxygen atoms in total. The zero-order chi connectivity index (χ0) is 15.0. The summed E-state index contributed by atoms with van der Waals surface area (Å²) in [5.41, 5.74) is 0.621. The summed E-state index contributed by atoms with van der Waals surface area (Å²) in [6, 6.07) is 11.1. The van der Waals surface area contributed by atoms with Crippen LogP contribution >= 0.6 is 0 Å². The maximum Gasteiger partial charge on any atom is 0.241 e. The van der Waals surface area contributed by atoms with Crippen LogP contribution in [0.1, 0.15) is 38.2 Å². The highest BCUT2D eigenvalue weighted by atomic mass is 16.2. The largest absolute Gasteiger partial charge is 0.396 e. The number of hydrogen-bond donors (Lipinski definition) is 2. The number of aliphatic hydroxyl groups excluding tert-OH is 1. The number of carbonyl (C=O) groups is 1. The Labute approximate surface area is 120 Å². The lowest BCUT2D eigenvalue weighted by Crippen LogP contribution is -2.36. The van der Waals surface area contributed by atoms with E-state index in [1.807, 2.05) is 38.1 Å². The Morgan fingerprint density at radius 1 is 1.40 bits per heavy atom. The number of aliphatic hydroxyl groups is 1. The van der Waals surface area contributed by atoms with E-state index in [9.17, 15) is 10.1 Å². The Bertz CT molecular complexity index is 463. The van der Waals surface area contributed by atoms with E-state index in [2.05, 4.69) is 5.32 Å². The number of hydrogen-bond acceptors (Lipinski definition) is 3. The molecule has 1 unspecified atom stereocenters. The molecule has 1 amide bonds. The summed E-state index contributed by atoms with van der Waals surface area (Å²) in [5, 5.41) is 20.9. The summed E-state index contributed by atoms with van der Waals surface area (Å²) < 4.78 is 0. The van der Waals surface area contributed by atoms with Gasteiger partial charge in [-0.3, -0.25) is 4.79 Å². The van der Waals surface area contributed by atoms with Gasteiger partial charge in [0.15, 0.2) is 0 Å². The molecule has 0 aliphatic heterocycles. The number of carbonyl (C=O) groups excluding carboxylic acids is 1. The van der Waals surface area contributed by atoms with E-state index in [1.54, 1.807) is 12.1 Å². The van der Waals surface area contributed by atoms with Crippen molar-refractivity contribution in [3.63, 3.8) is 0 Å². The lowest BCUT2D eigenvalue weighted by Gasteiger charge is -2.25. The number of amides is 1. The van der Waals surface area contributed by atoms with Crippen molar-refractivity contribution in [2.75, 3.05) is 13.2 Å². The summed E-state index contributed by atoms with van der Waals surface area (Å²) in [6.07, 6.45) is 1.54. The van der Waals surface area contributed by atoms with Gasteiger partial charge in [0.05, 0.1) is 6.07 Å². The maximum atomic E-state index is 12.1. The predicted molar refractivity (Wildman–Crippen MR) is 77.9 cm³/mol. The molecule has 1 rings (SSSR count). The molecular formula is C16H22N2O2. The first kappa shape index (κ1) is 16.2. The Balaban J connectivity index is 2.59. The van der Waals surface area contributed by atoms with E-state index in [0.29, 0.717) is 18.5 Å². The third-order valence-corrected chi connectivity index (χ3v) is 3.28. The summed E-state index contributed by atoms with van der Waals surface area (Å²) in [5.74, 6) is -1.04. The molecule has 108 valence electrons. The van der Waals surface area contributed by atoms with Crippen molar-refractivity contribution >= 4 is 5.91 Å². The van der Waals surface area contributed by atoms with Crippen LogP contribution in [0.2, 0.25) is 0 Å². The molecule has 1 aromatic carbocycles. The molecule has 20 heavy (non-hydrogen) atoms. The fraction of sp³-hybridized carbons (Fsp3) is 0.500. The summed E-state index contributed by atoms with van der Waals surface area (Å²) in [7, 11) is 0. The van der Waals surface area contributed by atoms with E-state index in [0.717, 1.165) is 6.42 Å². The summed E-state index contributed by atoms with van der Waals surface area (Å²) in [4.78, 5) is 12.1. The predicted octanol–water partition coefficient (Wildman–Crippen LogP) is 2.21. The standard InChI is InChI=1S/C16H22N2O2/c1-16(2,9-6-10-19)12-18-15(20)14(11-17)13-7-4-3-5-8-13/h3-5,7-8,14,19H,6,9-10,12H2,1-2H3,(H,18,20). The normalized spacial score (nSPS) is 12.5. The van der Waals surface area contributed by atoms with E-state index in [1.165, 1.54) is 0 Å². The monoisotopic (exact) mass is 274 g/mol. The van der Waals surface area contributed by atoms with Crippen LogP contribution in [0.15, 0.2) is 30.3 Å². The molecular weight excluding hydrogens is 252 g/mol. The Kier molecular flexibility index (Phi) is 6.20. The van der Waals surface area contributed by atoms with Gasteiger partial charge in [-0.15, -0.1) is 0 Å². The second kappa shape index (κ2) is 7.66. The molecule has 0 aromatic heterocycles. The molecule has 0 aliphatic carbocycles. The lowest BCUT2D eigenvalue weighted by atomic mass is 9.87.